The first-order valence-corrected chi connectivity index (χ1v) is 6.41. The van der Waals surface area contributed by atoms with E-state index in [1.807, 2.05) is 18.6 Å². The van der Waals surface area contributed by atoms with Crippen LogP contribution < -0.4 is 5.32 Å². The van der Waals surface area contributed by atoms with Gasteiger partial charge in [-0.25, -0.2) is 4.98 Å². The molecule has 1 atom stereocenters. The van der Waals surface area contributed by atoms with E-state index in [9.17, 15) is 0 Å². The van der Waals surface area contributed by atoms with Gasteiger partial charge in [0, 0.05) is 37.6 Å². The molecule has 0 saturated heterocycles. The summed E-state index contributed by atoms with van der Waals surface area (Å²) in [6.07, 6.45) is 7.15. The fraction of sp³-hybridized carbons (Fsp3) is 0.417. The van der Waals surface area contributed by atoms with E-state index < -0.39 is 0 Å². The molecule has 3 nitrogen and oxygen atoms in total. The van der Waals surface area contributed by atoms with Crippen LogP contribution in [0.1, 0.15) is 30.0 Å². The molecule has 0 aliphatic carbocycles. The number of nitrogens with zero attached hydrogens (tertiary/aromatic N) is 2. The molecule has 2 aromatic rings. The molecule has 0 aliphatic heterocycles. The lowest BCUT2D eigenvalue weighted by atomic mass is 10.2. The number of hydrogen-bond acceptors (Lipinski definition) is 3. The lowest BCUT2D eigenvalue weighted by Crippen LogP contribution is -2.19. The third kappa shape index (κ3) is 2.71. The summed E-state index contributed by atoms with van der Waals surface area (Å²) in [5.74, 6) is 0. The number of hydrogen-bond donors (Lipinski definition) is 1. The number of aromatic nitrogens is 2. The second-order valence-corrected chi connectivity index (χ2v) is 4.82. The molecule has 0 fully saturated rings. The molecule has 86 valence electrons. The monoisotopic (exact) mass is 235 g/mol. The summed E-state index contributed by atoms with van der Waals surface area (Å²) in [6.45, 7) is 3.09. The number of thiazole rings is 1. The minimum Gasteiger partial charge on any atom is -0.357 e. The Morgan fingerprint density at radius 1 is 1.56 bits per heavy atom. The van der Waals surface area contributed by atoms with E-state index in [1.54, 1.807) is 11.3 Å². The van der Waals surface area contributed by atoms with Crippen molar-refractivity contribution in [2.45, 2.75) is 25.9 Å². The Bertz CT molecular complexity index is 419. The van der Waals surface area contributed by atoms with E-state index in [-0.39, 0.29) is 0 Å². The average molecular weight is 235 g/mol. The second kappa shape index (κ2) is 5.27. The van der Waals surface area contributed by atoms with Crippen molar-refractivity contribution >= 4 is 11.3 Å². The first-order chi connectivity index (χ1) is 7.79. The van der Waals surface area contributed by atoms with Gasteiger partial charge in [-0.1, -0.05) is 6.92 Å². The van der Waals surface area contributed by atoms with Gasteiger partial charge in [0.05, 0.1) is 6.04 Å². The normalized spacial score (nSPS) is 12.9. The van der Waals surface area contributed by atoms with Crippen LogP contribution >= 0.6 is 11.3 Å². The maximum absolute atomic E-state index is 4.36. The lowest BCUT2D eigenvalue weighted by molar-refractivity contribution is 0.516. The van der Waals surface area contributed by atoms with E-state index >= 15 is 0 Å². The average Bonchev–Trinajstić information content (AvgIpc) is 2.91. The van der Waals surface area contributed by atoms with Crippen molar-refractivity contribution in [3.8, 4) is 0 Å². The first kappa shape index (κ1) is 11.4. The fourth-order valence-corrected chi connectivity index (χ4v) is 2.52. The first-order valence-electron chi connectivity index (χ1n) is 5.53. The summed E-state index contributed by atoms with van der Waals surface area (Å²) >= 11 is 1.72. The van der Waals surface area contributed by atoms with Gasteiger partial charge in [-0.3, -0.25) is 0 Å². The van der Waals surface area contributed by atoms with Crippen LogP contribution in [0.2, 0.25) is 0 Å². The molecule has 0 aliphatic rings. The lowest BCUT2D eigenvalue weighted by Gasteiger charge is -2.13. The Labute approximate surface area is 100 Å². The quantitative estimate of drug-likeness (QED) is 0.863. The van der Waals surface area contributed by atoms with Crippen LogP contribution in [0.4, 0.5) is 0 Å². The predicted octanol–water partition coefficient (Wildman–Crippen LogP) is 2.72. The fourth-order valence-electron chi connectivity index (χ4n) is 1.72. The number of aryl methyl sites for hydroxylation is 1. The summed E-state index contributed by atoms with van der Waals surface area (Å²) in [4.78, 5) is 4.36. The smallest absolute Gasteiger partial charge is 0.109 e. The van der Waals surface area contributed by atoms with E-state index in [0.29, 0.717) is 6.04 Å². The van der Waals surface area contributed by atoms with Gasteiger partial charge in [0.15, 0.2) is 0 Å². The molecular weight excluding hydrogens is 218 g/mol. The highest BCUT2D eigenvalue weighted by Gasteiger charge is 2.10. The van der Waals surface area contributed by atoms with Gasteiger partial charge in [-0.05, 0) is 18.1 Å². The zero-order valence-corrected chi connectivity index (χ0v) is 10.5. The zero-order chi connectivity index (χ0) is 11.4. The Kier molecular flexibility index (Phi) is 3.74. The highest BCUT2D eigenvalue weighted by atomic mass is 32.1. The van der Waals surface area contributed by atoms with Crippen LogP contribution in [-0.2, 0) is 13.6 Å². The SMILES string of the molecule is CCC(NCc1ccn(C)c1)c1nccs1. The molecule has 0 saturated carbocycles. The summed E-state index contributed by atoms with van der Waals surface area (Å²) in [5, 5.41) is 6.75. The predicted molar refractivity (Wildman–Crippen MR) is 67.4 cm³/mol. The van der Waals surface area contributed by atoms with Gasteiger partial charge in [0.2, 0.25) is 0 Å². The molecular formula is C12H17N3S. The van der Waals surface area contributed by atoms with Gasteiger partial charge in [0.25, 0.3) is 0 Å². The summed E-state index contributed by atoms with van der Waals surface area (Å²) in [5.41, 5.74) is 1.32. The van der Waals surface area contributed by atoms with Crippen LogP contribution in [0.15, 0.2) is 30.0 Å². The highest BCUT2D eigenvalue weighted by molar-refractivity contribution is 7.09. The van der Waals surface area contributed by atoms with Crippen LogP contribution in [-0.4, -0.2) is 9.55 Å². The molecule has 2 rings (SSSR count). The van der Waals surface area contributed by atoms with Crippen molar-refractivity contribution in [3.05, 3.63) is 40.6 Å². The Morgan fingerprint density at radius 2 is 2.44 bits per heavy atom. The molecule has 0 amide bonds. The van der Waals surface area contributed by atoms with Gasteiger partial charge in [0.1, 0.15) is 5.01 Å². The third-order valence-corrected chi connectivity index (χ3v) is 3.49. The molecule has 0 aromatic carbocycles. The Morgan fingerprint density at radius 3 is 3.00 bits per heavy atom. The van der Waals surface area contributed by atoms with Gasteiger partial charge >= 0.3 is 0 Å². The van der Waals surface area contributed by atoms with Crippen molar-refractivity contribution in [2.24, 2.45) is 7.05 Å². The molecule has 0 bridgehead atoms. The molecule has 1 N–H and O–H groups in total. The summed E-state index contributed by atoms with van der Waals surface area (Å²) in [6, 6.07) is 2.52. The molecule has 0 spiro atoms. The Balaban J connectivity index is 1.93. The zero-order valence-electron chi connectivity index (χ0n) is 9.68. The van der Waals surface area contributed by atoms with Crippen LogP contribution in [0, 0.1) is 0 Å². The minimum absolute atomic E-state index is 0.375. The summed E-state index contributed by atoms with van der Waals surface area (Å²) in [7, 11) is 2.04. The van der Waals surface area contributed by atoms with E-state index in [2.05, 4.69) is 40.3 Å². The third-order valence-electron chi connectivity index (χ3n) is 2.60. The van der Waals surface area contributed by atoms with E-state index in [4.69, 9.17) is 0 Å². The minimum atomic E-state index is 0.375. The van der Waals surface area contributed by atoms with Gasteiger partial charge in [-0.2, -0.15) is 0 Å². The van der Waals surface area contributed by atoms with Crippen molar-refractivity contribution < 1.29 is 0 Å². The van der Waals surface area contributed by atoms with E-state index in [0.717, 1.165) is 13.0 Å². The topological polar surface area (TPSA) is 29.9 Å². The maximum Gasteiger partial charge on any atom is 0.109 e. The molecule has 0 radical (unpaired) electrons. The largest absolute Gasteiger partial charge is 0.357 e. The molecule has 1 unspecified atom stereocenters. The van der Waals surface area contributed by atoms with Crippen molar-refractivity contribution in [3.63, 3.8) is 0 Å². The Hall–Kier alpha value is -1.13. The molecule has 2 aromatic heterocycles. The molecule has 4 heteroatoms. The van der Waals surface area contributed by atoms with E-state index in [1.165, 1.54) is 10.6 Å². The van der Waals surface area contributed by atoms with Crippen LogP contribution in [0.5, 0.6) is 0 Å². The van der Waals surface area contributed by atoms with Crippen molar-refractivity contribution in [1.82, 2.24) is 14.9 Å². The second-order valence-electron chi connectivity index (χ2n) is 3.90. The van der Waals surface area contributed by atoms with Crippen molar-refractivity contribution in [2.75, 3.05) is 0 Å². The van der Waals surface area contributed by atoms with Crippen LogP contribution in [0.25, 0.3) is 0 Å². The number of rotatable bonds is 5. The highest BCUT2D eigenvalue weighted by Crippen LogP contribution is 2.19. The van der Waals surface area contributed by atoms with Crippen molar-refractivity contribution in [1.29, 1.82) is 0 Å². The van der Waals surface area contributed by atoms with Gasteiger partial charge < -0.3 is 9.88 Å². The maximum atomic E-state index is 4.36. The summed E-state index contributed by atoms with van der Waals surface area (Å²) < 4.78 is 2.07. The van der Waals surface area contributed by atoms with Gasteiger partial charge in [-0.15, -0.1) is 11.3 Å². The van der Waals surface area contributed by atoms with Crippen LogP contribution in [0.3, 0.4) is 0 Å². The standard InChI is InChI=1S/C12H17N3S/c1-3-11(12-13-5-7-16-12)14-8-10-4-6-15(2)9-10/h4-7,9,11,14H,3,8H2,1-2H3. The molecule has 16 heavy (non-hydrogen) atoms. The molecule has 2 heterocycles. The number of nitrogens with one attached hydrogen (secondary N) is 1.